The number of halogens is 1. The second-order valence-electron chi connectivity index (χ2n) is 6.32. The van der Waals surface area contributed by atoms with Crippen LogP contribution in [-0.2, 0) is 6.42 Å². The predicted molar refractivity (Wildman–Crippen MR) is 103 cm³/mol. The van der Waals surface area contributed by atoms with Crippen molar-refractivity contribution in [1.82, 2.24) is 0 Å². The van der Waals surface area contributed by atoms with Crippen LogP contribution in [0, 0.1) is 5.82 Å². The molecule has 126 valence electrons. The summed E-state index contributed by atoms with van der Waals surface area (Å²) in [7, 11) is 0. The van der Waals surface area contributed by atoms with E-state index in [1.54, 1.807) is 18.2 Å². The van der Waals surface area contributed by atoms with Crippen LogP contribution in [-0.4, -0.2) is 5.78 Å². The summed E-state index contributed by atoms with van der Waals surface area (Å²) in [4.78, 5) is 12.9. The Morgan fingerprint density at radius 2 is 1.35 bits per heavy atom. The smallest absolute Gasteiger partial charge is 0.196 e. The zero-order chi connectivity index (χ0) is 17.9. The molecule has 0 N–H and O–H groups in total. The molecule has 0 amide bonds. The highest BCUT2D eigenvalue weighted by Gasteiger charge is 2.16. The first-order chi connectivity index (χ1) is 12.7. The molecule has 4 aromatic carbocycles. The average molecular weight is 340 g/mol. The van der Waals surface area contributed by atoms with Crippen molar-refractivity contribution in [1.29, 1.82) is 0 Å². The Morgan fingerprint density at radius 3 is 2.15 bits per heavy atom. The monoisotopic (exact) mass is 340 g/mol. The van der Waals surface area contributed by atoms with Crippen LogP contribution in [0.25, 0.3) is 10.8 Å². The van der Waals surface area contributed by atoms with Crippen LogP contribution in [0.3, 0.4) is 0 Å². The lowest BCUT2D eigenvalue weighted by atomic mass is 9.93. The van der Waals surface area contributed by atoms with Crippen molar-refractivity contribution in [3.05, 3.63) is 119 Å². The van der Waals surface area contributed by atoms with E-state index in [1.165, 1.54) is 22.9 Å². The fraction of sp³-hybridized carbons (Fsp3) is 0.0417. The maximum Gasteiger partial charge on any atom is 0.196 e. The first kappa shape index (κ1) is 16.2. The molecule has 0 aliphatic heterocycles. The van der Waals surface area contributed by atoms with Crippen molar-refractivity contribution in [3.63, 3.8) is 0 Å². The van der Waals surface area contributed by atoms with Gasteiger partial charge in [0.1, 0.15) is 5.82 Å². The van der Waals surface area contributed by atoms with Crippen molar-refractivity contribution < 1.29 is 9.18 Å². The molecule has 0 fully saturated rings. The van der Waals surface area contributed by atoms with Gasteiger partial charge in [-0.15, -0.1) is 0 Å². The highest BCUT2D eigenvalue weighted by Crippen LogP contribution is 2.22. The second kappa shape index (κ2) is 6.93. The van der Waals surface area contributed by atoms with Gasteiger partial charge in [0.15, 0.2) is 5.78 Å². The number of rotatable bonds is 4. The first-order valence-electron chi connectivity index (χ1n) is 8.57. The highest BCUT2D eigenvalue weighted by atomic mass is 19.1. The van der Waals surface area contributed by atoms with E-state index in [9.17, 15) is 9.18 Å². The first-order valence-corrected chi connectivity index (χ1v) is 8.57. The Labute approximate surface area is 151 Å². The SMILES string of the molecule is O=C(c1ccccc1F)c1ccccc1Cc1ccc2ccccc2c1. The minimum atomic E-state index is -0.488. The fourth-order valence-corrected chi connectivity index (χ4v) is 3.26. The van der Waals surface area contributed by atoms with E-state index in [1.807, 2.05) is 30.3 Å². The maximum atomic E-state index is 14.0. The Bertz CT molecular complexity index is 1100. The van der Waals surface area contributed by atoms with Gasteiger partial charge in [-0.2, -0.15) is 0 Å². The van der Waals surface area contributed by atoms with Crippen LogP contribution >= 0.6 is 0 Å². The number of carbonyl (C=O) groups excluding carboxylic acids is 1. The van der Waals surface area contributed by atoms with Crippen LogP contribution in [0.2, 0.25) is 0 Å². The lowest BCUT2D eigenvalue weighted by molar-refractivity contribution is 0.103. The van der Waals surface area contributed by atoms with E-state index in [-0.39, 0.29) is 11.3 Å². The molecule has 0 unspecified atom stereocenters. The second-order valence-corrected chi connectivity index (χ2v) is 6.32. The zero-order valence-corrected chi connectivity index (χ0v) is 14.2. The molecule has 1 nitrogen and oxygen atoms in total. The summed E-state index contributed by atoms with van der Waals surface area (Å²) in [6, 6.07) is 28.1. The molecule has 4 rings (SSSR count). The quantitative estimate of drug-likeness (QED) is 0.429. The third-order valence-electron chi connectivity index (χ3n) is 4.59. The molecular formula is C24H17FO. The molecule has 0 aliphatic rings. The van der Waals surface area contributed by atoms with Crippen LogP contribution in [0.4, 0.5) is 4.39 Å². The molecular weight excluding hydrogens is 323 g/mol. The van der Waals surface area contributed by atoms with Gasteiger partial charge >= 0.3 is 0 Å². The molecule has 0 aromatic heterocycles. The summed E-state index contributed by atoms with van der Waals surface area (Å²) in [5.74, 6) is -0.766. The van der Waals surface area contributed by atoms with E-state index in [4.69, 9.17) is 0 Å². The number of hydrogen-bond donors (Lipinski definition) is 0. The van der Waals surface area contributed by atoms with E-state index in [0.717, 1.165) is 11.1 Å². The summed E-state index contributed by atoms with van der Waals surface area (Å²) in [6.45, 7) is 0. The Balaban J connectivity index is 1.71. The number of hydrogen-bond acceptors (Lipinski definition) is 1. The molecule has 0 aliphatic carbocycles. The summed E-state index contributed by atoms with van der Waals surface area (Å²) in [5, 5.41) is 2.36. The number of fused-ring (bicyclic) bond motifs is 1. The molecule has 0 saturated carbocycles. The average Bonchev–Trinajstić information content (AvgIpc) is 2.68. The maximum absolute atomic E-state index is 14.0. The molecule has 0 spiro atoms. The van der Waals surface area contributed by atoms with Crippen molar-refractivity contribution in [3.8, 4) is 0 Å². The van der Waals surface area contributed by atoms with Crippen LogP contribution in [0.1, 0.15) is 27.0 Å². The molecule has 0 bridgehead atoms. The molecule has 0 saturated heterocycles. The lowest BCUT2D eigenvalue weighted by Crippen LogP contribution is -2.08. The van der Waals surface area contributed by atoms with Crippen molar-refractivity contribution >= 4 is 16.6 Å². The van der Waals surface area contributed by atoms with Crippen LogP contribution < -0.4 is 0 Å². The van der Waals surface area contributed by atoms with Gasteiger partial charge < -0.3 is 0 Å². The molecule has 2 heteroatoms. The van der Waals surface area contributed by atoms with Gasteiger partial charge in [0.05, 0.1) is 5.56 Å². The molecule has 0 atom stereocenters. The van der Waals surface area contributed by atoms with Gasteiger partial charge in [0, 0.05) is 5.56 Å². The number of ketones is 1. The standard InChI is InChI=1S/C24H17FO/c25-23-12-6-5-11-22(23)24(26)21-10-4-3-9-20(21)16-17-13-14-18-7-1-2-8-19(18)15-17/h1-15H,16H2. The fourth-order valence-electron chi connectivity index (χ4n) is 3.26. The molecule has 26 heavy (non-hydrogen) atoms. The Kier molecular flexibility index (Phi) is 4.32. The summed E-state index contributed by atoms with van der Waals surface area (Å²) < 4.78 is 14.0. The van der Waals surface area contributed by atoms with E-state index in [0.29, 0.717) is 12.0 Å². The normalized spacial score (nSPS) is 10.8. The van der Waals surface area contributed by atoms with Gasteiger partial charge in [-0.05, 0) is 40.5 Å². The molecule has 0 radical (unpaired) electrons. The van der Waals surface area contributed by atoms with Crippen molar-refractivity contribution in [2.24, 2.45) is 0 Å². The predicted octanol–water partition coefficient (Wildman–Crippen LogP) is 5.80. The Hall–Kier alpha value is -3.26. The molecule has 4 aromatic rings. The van der Waals surface area contributed by atoms with Crippen molar-refractivity contribution in [2.45, 2.75) is 6.42 Å². The van der Waals surface area contributed by atoms with E-state index in [2.05, 4.69) is 30.3 Å². The van der Waals surface area contributed by atoms with E-state index >= 15 is 0 Å². The largest absolute Gasteiger partial charge is 0.288 e. The minimum absolute atomic E-state index is 0.110. The van der Waals surface area contributed by atoms with Gasteiger partial charge in [0.25, 0.3) is 0 Å². The van der Waals surface area contributed by atoms with Crippen LogP contribution in [0.15, 0.2) is 91.0 Å². The van der Waals surface area contributed by atoms with Gasteiger partial charge in [-0.25, -0.2) is 4.39 Å². The third kappa shape index (κ3) is 3.14. The molecule has 0 heterocycles. The summed E-state index contributed by atoms with van der Waals surface area (Å²) in [6.07, 6.45) is 0.626. The highest BCUT2D eigenvalue weighted by molar-refractivity contribution is 6.10. The van der Waals surface area contributed by atoms with Crippen LogP contribution in [0.5, 0.6) is 0 Å². The minimum Gasteiger partial charge on any atom is -0.288 e. The number of carbonyl (C=O) groups is 1. The lowest BCUT2D eigenvalue weighted by Gasteiger charge is -2.10. The summed E-state index contributed by atoms with van der Waals surface area (Å²) in [5.41, 5.74) is 2.68. The number of benzene rings is 4. The van der Waals surface area contributed by atoms with E-state index < -0.39 is 5.82 Å². The topological polar surface area (TPSA) is 17.1 Å². The summed E-state index contributed by atoms with van der Waals surface area (Å²) >= 11 is 0. The van der Waals surface area contributed by atoms with Crippen molar-refractivity contribution in [2.75, 3.05) is 0 Å². The van der Waals surface area contributed by atoms with Gasteiger partial charge in [-0.3, -0.25) is 4.79 Å². The zero-order valence-electron chi connectivity index (χ0n) is 14.2. The third-order valence-corrected chi connectivity index (χ3v) is 4.59. The van der Waals surface area contributed by atoms with Gasteiger partial charge in [-0.1, -0.05) is 78.9 Å². The van der Waals surface area contributed by atoms with Gasteiger partial charge in [0.2, 0.25) is 0 Å². The Morgan fingerprint density at radius 1 is 0.692 bits per heavy atom.